The minimum absolute atomic E-state index is 0.0381. The Kier molecular flexibility index (Phi) is 3.16. The molecule has 0 aromatic carbocycles. The van der Waals surface area contributed by atoms with E-state index in [0.29, 0.717) is 11.7 Å². The number of nitrogens with one attached hydrogen (secondary N) is 1. The Labute approximate surface area is 95.8 Å². The molecule has 0 saturated carbocycles. The first-order valence-corrected chi connectivity index (χ1v) is 5.62. The van der Waals surface area contributed by atoms with E-state index >= 15 is 0 Å². The van der Waals surface area contributed by atoms with Crippen molar-refractivity contribution in [3.63, 3.8) is 0 Å². The smallest absolute Gasteiger partial charge is 0.343 e. The zero-order chi connectivity index (χ0) is 11.5. The van der Waals surface area contributed by atoms with Gasteiger partial charge < -0.3 is 10.2 Å². The molecule has 0 saturated heterocycles. The van der Waals surface area contributed by atoms with E-state index in [1.165, 1.54) is 16.3 Å². The lowest BCUT2D eigenvalue weighted by Gasteiger charge is -2.09. The highest BCUT2D eigenvalue weighted by molar-refractivity contribution is 7.99. The summed E-state index contributed by atoms with van der Waals surface area (Å²) in [6.07, 6.45) is 1.60. The van der Waals surface area contributed by atoms with Crippen molar-refractivity contribution < 1.29 is 4.42 Å². The zero-order valence-electron chi connectivity index (χ0n) is 8.71. The van der Waals surface area contributed by atoms with Gasteiger partial charge in [0.05, 0.1) is 11.5 Å². The summed E-state index contributed by atoms with van der Waals surface area (Å²) >= 11 is 1.40. The summed E-state index contributed by atoms with van der Waals surface area (Å²) in [5.74, 6) is 0.781. The molecule has 1 atom stereocenters. The second kappa shape index (κ2) is 4.58. The number of thioether (sulfide) groups is 1. The third-order valence-corrected chi connectivity index (χ3v) is 3.45. The first-order chi connectivity index (χ1) is 7.72. The van der Waals surface area contributed by atoms with Crippen molar-refractivity contribution in [3.8, 4) is 0 Å². The third-order valence-electron chi connectivity index (χ3n) is 2.16. The average molecular weight is 240 g/mol. The molecular formula is C9H12N4O2S. The van der Waals surface area contributed by atoms with Gasteiger partial charge in [0.1, 0.15) is 5.76 Å². The predicted octanol–water partition coefficient (Wildman–Crippen LogP) is 0.494. The number of hydrogen-bond donors (Lipinski definition) is 2. The highest BCUT2D eigenvalue weighted by Crippen LogP contribution is 2.32. The molecule has 6 nitrogen and oxygen atoms in total. The lowest BCUT2D eigenvalue weighted by Crippen LogP contribution is -2.14. The van der Waals surface area contributed by atoms with Gasteiger partial charge in [0.2, 0.25) is 0 Å². The van der Waals surface area contributed by atoms with E-state index < -0.39 is 0 Å². The van der Waals surface area contributed by atoms with E-state index in [-0.39, 0.29) is 10.9 Å². The van der Waals surface area contributed by atoms with Gasteiger partial charge in [0.25, 0.3) is 0 Å². The van der Waals surface area contributed by atoms with Gasteiger partial charge in [-0.3, -0.25) is 4.57 Å². The van der Waals surface area contributed by atoms with Crippen molar-refractivity contribution in [1.82, 2.24) is 14.8 Å². The van der Waals surface area contributed by atoms with Gasteiger partial charge >= 0.3 is 5.69 Å². The largest absolute Gasteiger partial charge is 0.468 e. The molecule has 0 fully saturated rings. The third kappa shape index (κ3) is 2.05. The first-order valence-electron chi connectivity index (χ1n) is 4.74. The average Bonchev–Trinajstić information content (AvgIpc) is 2.90. The molecule has 2 rings (SSSR count). The number of nitrogens with two attached hydrogens (primary N) is 1. The molecule has 0 aliphatic heterocycles. The van der Waals surface area contributed by atoms with Crippen molar-refractivity contribution >= 4 is 11.8 Å². The number of aromatic nitrogens is 3. The van der Waals surface area contributed by atoms with Crippen LogP contribution in [0.15, 0.2) is 32.8 Å². The fraction of sp³-hybridized carbons (Fsp3) is 0.333. The Morgan fingerprint density at radius 2 is 2.56 bits per heavy atom. The van der Waals surface area contributed by atoms with Crippen LogP contribution in [0.25, 0.3) is 0 Å². The van der Waals surface area contributed by atoms with Crippen LogP contribution in [0.4, 0.5) is 0 Å². The second-order valence-electron chi connectivity index (χ2n) is 3.23. The zero-order valence-corrected chi connectivity index (χ0v) is 9.53. The molecule has 0 radical (unpaired) electrons. The van der Waals surface area contributed by atoms with E-state index in [4.69, 9.17) is 10.2 Å². The molecule has 3 N–H and O–H groups in total. The number of nitrogens with zero attached hydrogens (tertiary/aromatic N) is 2. The molecule has 2 aromatic heterocycles. The van der Waals surface area contributed by atoms with Crippen LogP contribution in [0.5, 0.6) is 0 Å². The number of H-pyrrole nitrogens is 1. The normalized spacial score (nSPS) is 12.9. The van der Waals surface area contributed by atoms with Crippen LogP contribution in [0.1, 0.15) is 11.0 Å². The molecule has 0 aliphatic rings. The van der Waals surface area contributed by atoms with Gasteiger partial charge in [-0.15, -0.1) is 5.10 Å². The minimum Gasteiger partial charge on any atom is -0.468 e. The van der Waals surface area contributed by atoms with Gasteiger partial charge in [-0.1, -0.05) is 11.8 Å². The number of rotatable bonds is 4. The molecule has 2 aromatic rings. The maximum absolute atomic E-state index is 11.2. The van der Waals surface area contributed by atoms with Gasteiger partial charge in [0.15, 0.2) is 5.16 Å². The second-order valence-corrected chi connectivity index (χ2v) is 4.40. The van der Waals surface area contributed by atoms with Crippen LogP contribution < -0.4 is 11.4 Å². The van der Waals surface area contributed by atoms with Crippen molar-refractivity contribution in [2.24, 2.45) is 12.8 Å². The summed E-state index contributed by atoms with van der Waals surface area (Å²) in [5.41, 5.74) is 5.42. The standard InChI is InChI=1S/C9H12N4O2S/c1-13-8(14)11-12-9(13)16-7(5-10)6-3-2-4-15-6/h2-4,7H,5,10H2,1H3,(H,11,14). The summed E-state index contributed by atoms with van der Waals surface area (Å²) in [7, 11) is 1.66. The highest BCUT2D eigenvalue weighted by atomic mass is 32.2. The predicted molar refractivity (Wildman–Crippen MR) is 60.2 cm³/mol. The van der Waals surface area contributed by atoms with Crippen molar-refractivity contribution in [3.05, 3.63) is 34.6 Å². The molecule has 1 unspecified atom stereocenters. The van der Waals surface area contributed by atoms with Crippen LogP contribution in [0.3, 0.4) is 0 Å². The molecule has 0 aliphatic carbocycles. The van der Waals surface area contributed by atoms with Crippen molar-refractivity contribution in [1.29, 1.82) is 0 Å². The number of furan rings is 1. The van der Waals surface area contributed by atoms with Crippen LogP contribution in [-0.2, 0) is 7.05 Å². The maximum Gasteiger partial charge on any atom is 0.343 e. The Bertz CT molecular complexity index is 502. The molecular weight excluding hydrogens is 228 g/mol. The van der Waals surface area contributed by atoms with E-state index in [2.05, 4.69) is 10.2 Å². The van der Waals surface area contributed by atoms with Gasteiger partial charge in [-0.25, -0.2) is 9.89 Å². The fourth-order valence-corrected chi connectivity index (χ4v) is 2.20. The summed E-state index contributed by atoms with van der Waals surface area (Å²) in [6.45, 7) is 0.416. The topological polar surface area (TPSA) is 89.8 Å². The summed E-state index contributed by atoms with van der Waals surface area (Å²) in [5, 5.41) is 6.84. The van der Waals surface area contributed by atoms with Crippen molar-refractivity contribution in [2.75, 3.05) is 6.54 Å². The van der Waals surface area contributed by atoms with Crippen LogP contribution in [-0.4, -0.2) is 21.3 Å². The lowest BCUT2D eigenvalue weighted by atomic mass is 10.3. The maximum atomic E-state index is 11.2. The molecule has 0 amide bonds. The Balaban J connectivity index is 2.20. The number of hydrogen-bond acceptors (Lipinski definition) is 5. The number of aromatic amines is 1. The Morgan fingerprint density at radius 1 is 1.75 bits per heavy atom. The quantitative estimate of drug-likeness (QED) is 0.759. The summed E-state index contributed by atoms with van der Waals surface area (Å²) < 4.78 is 6.72. The Morgan fingerprint density at radius 3 is 3.06 bits per heavy atom. The van der Waals surface area contributed by atoms with E-state index in [1.54, 1.807) is 13.3 Å². The SMILES string of the molecule is Cn1c(SC(CN)c2ccco2)n[nH]c1=O. The monoisotopic (exact) mass is 240 g/mol. The molecule has 16 heavy (non-hydrogen) atoms. The van der Waals surface area contributed by atoms with Crippen LogP contribution in [0, 0.1) is 0 Å². The van der Waals surface area contributed by atoms with Gasteiger partial charge in [0, 0.05) is 13.6 Å². The molecule has 86 valence electrons. The fourth-order valence-electron chi connectivity index (χ4n) is 1.26. The molecule has 2 heterocycles. The van der Waals surface area contributed by atoms with E-state index in [1.807, 2.05) is 12.1 Å². The van der Waals surface area contributed by atoms with Crippen molar-refractivity contribution in [2.45, 2.75) is 10.4 Å². The molecule has 0 spiro atoms. The van der Waals surface area contributed by atoms with Crippen LogP contribution in [0.2, 0.25) is 0 Å². The van der Waals surface area contributed by atoms with Crippen LogP contribution >= 0.6 is 11.8 Å². The molecule has 7 heteroatoms. The highest BCUT2D eigenvalue weighted by Gasteiger charge is 2.17. The minimum atomic E-state index is -0.238. The van der Waals surface area contributed by atoms with Gasteiger partial charge in [-0.2, -0.15) is 0 Å². The van der Waals surface area contributed by atoms with E-state index in [0.717, 1.165) is 5.76 Å². The summed E-state index contributed by atoms with van der Waals surface area (Å²) in [4.78, 5) is 11.2. The first kappa shape index (κ1) is 11.0. The Hall–Kier alpha value is -1.47. The van der Waals surface area contributed by atoms with E-state index in [9.17, 15) is 4.79 Å². The lowest BCUT2D eigenvalue weighted by molar-refractivity contribution is 0.506. The van der Waals surface area contributed by atoms with Gasteiger partial charge in [-0.05, 0) is 12.1 Å². The molecule has 0 bridgehead atoms. The summed E-state index contributed by atoms with van der Waals surface area (Å²) in [6, 6.07) is 3.66.